The van der Waals surface area contributed by atoms with Crippen molar-refractivity contribution < 1.29 is 14.4 Å². The molecule has 6 heteroatoms. The lowest BCUT2D eigenvalue weighted by Crippen LogP contribution is -2.44. The number of carbonyl (C=O) groups excluding carboxylic acids is 3. The average molecular weight is 408 g/mol. The predicted octanol–water partition coefficient (Wildman–Crippen LogP) is 3.91. The smallest absolute Gasteiger partial charge is 0.252 e. The van der Waals surface area contributed by atoms with E-state index in [2.05, 4.69) is 10.6 Å². The summed E-state index contributed by atoms with van der Waals surface area (Å²) in [4.78, 5) is 39.5. The van der Waals surface area contributed by atoms with Gasteiger partial charge in [-0.05, 0) is 55.5 Å². The minimum atomic E-state index is -0.658. The van der Waals surface area contributed by atoms with Crippen LogP contribution in [0.25, 0.3) is 0 Å². The van der Waals surface area contributed by atoms with E-state index in [0.29, 0.717) is 30.6 Å². The monoisotopic (exact) mass is 407 g/mol. The zero-order valence-corrected chi connectivity index (χ0v) is 17.8. The largest absolute Gasteiger partial charge is 0.340 e. The first-order chi connectivity index (χ1) is 14.3. The van der Waals surface area contributed by atoms with Crippen molar-refractivity contribution >= 4 is 29.1 Å². The maximum absolute atomic E-state index is 13.0. The van der Waals surface area contributed by atoms with Gasteiger partial charge in [-0.3, -0.25) is 14.4 Å². The Morgan fingerprint density at radius 1 is 1.10 bits per heavy atom. The number of nitrogens with zero attached hydrogens (tertiary/aromatic N) is 1. The molecule has 30 heavy (non-hydrogen) atoms. The van der Waals surface area contributed by atoms with Gasteiger partial charge < -0.3 is 15.5 Å². The fraction of sp³-hybridized carbons (Fsp3) is 0.375. The van der Waals surface area contributed by atoms with Crippen molar-refractivity contribution in [1.29, 1.82) is 0 Å². The molecular weight excluding hydrogens is 378 g/mol. The molecule has 1 aliphatic rings. The van der Waals surface area contributed by atoms with Crippen LogP contribution in [0.3, 0.4) is 0 Å². The van der Waals surface area contributed by atoms with E-state index >= 15 is 0 Å². The summed E-state index contributed by atoms with van der Waals surface area (Å²) in [5.74, 6) is -0.200. The molecule has 0 saturated carbocycles. The number of nitrogens with one attached hydrogen (secondary N) is 2. The maximum atomic E-state index is 13.0. The molecule has 2 N–H and O–H groups in total. The highest BCUT2D eigenvalue weighted by Gasteiger charge is 2.25. The third-order valence-electron chi connectivity index (χ3n) is 5.22. The highest BCUT2D eigenvalue weighted by molar-refractivity contribution is 6.02. The minimum absolute atomic E-state index is 0.0988. The molecule has 3 rings (SSSR count). The molecule has 2 aromatic rings. The lowest BCUT2D eigenvalue weighted by atomic mass is 10.0. The molecule has 1 heterocycles. The van der Waals surface area contributed by atoms with Crippen molar-refractivity contribution in [3.05, 3.63) is 59.7 Å². The first-order valence-corrected chi connectivity index (χ1v) is 10.4. The Labute approximate surface area is 177 Å². The molecule has 1 fully saturated rings. The molecule has 0 radical (unpaired) electrons. The molecule has 0 aliphatic carbocycles. The van der Waals surface area contributed by atoms with Gasteiger partial charge in [0.25, 0.3) is 5.91 Å². The molecule has 158 valence electrons. The van der Waals surface area contributed by atoms with Gasteiger partial charge in [-0.2, -0.15) is 0 Å². The number of hydrogen-bond acceptors (Lipinski definition) is 3. The molecule has 1 aliphatic heterocycles. The number of aryl methyl sites for hydroxylation is 1. The molecule has 2 aromatic carbocycles. The van der Waals surface area contributed by atoms with Crippen LogP contribution >= 0.6 is 0 Å². The van der Waals surface area contributed by atoms with Crippen molar-refractivity contribution in [3.8, 4) is 0 Å². The van der Waals surface area contributed by atoms with Crippen LogP contribution < -0.4 is 15.5 Å². The molecule has 0 unspecified atom stereocenters. The summed E-state index contributed by atoms with van der Waals surface area (Å²) in [7, 11) is 0. The summed E-state index contributed by atoms with van der Waals surface area (Å²) < 4.78 is 0. The second-order valence-electron chi connectivity index (χ2n) is 8.16. The van der Waals surface area contributed by atoms with E-state index in [-0.39, 0.29) is 23.6 Å². The molecule has 0 bridgehead atoms. The molecule has 1 atom stereocenters. The van der Waals surface area contributed by atoms with E-state index in [9.17, 15) is 14.4 Å². The molecular formula is C24H29N3O3. The van der Waals surface area contributed by atoms with Crippen LogP contribution in [0.5, 0.6) is 0 Å². The summed E-state index contributed by atoms with van der Waals surface area (Å²) in [6.07, 6.45) is 1.92. The topological polar surface area (TPSA) is 78.5 Å². The van der Waals surface area contributed by atoms with E-state index in [0.717, 1.165) is 17.7 Å². The van der Waals surface area contributed by atoms with E-state index < -0.39 is 6.04 Å². The maximum Gasteiger partial charge on any atom is 0.252 e. The van der Waals surface area contributed by atoms with Crippen LogP contribution in [0, 0.1) is 12.8 Å². The van der Waals surface area contributed by atoms with Crippen LogP contribution in [0.15, 0.2) is 48.5 Å². The Bertz CT molecular complexity index is 939. The standard InChI is InChI=1S/C24H29N3O3/c1-16(2)14-21(26-23(29)20-11-5-4-8-17(20)3)24(30)25-18-9-6-10-19(15-18)27-13-7-12-22(27)28/h4-6,8-11,15-16,21H,7,12-14H2,1-3H3,(H,25,30)(H,26,29)/t21-/m0/s1. The zero-order chi connectivity index (χ0) is 21.7. The summed E-state index contributed by atoms with van der Waals surface area (Å²) in [5.41, 5.74) is 2.81. The lowest BCUT2D eigenvalue weighted by Gasteiger charge is -2.21. The Balaban J connectivity index is 1.73. The summed E-state index contributed by atoms with van der Waals surface area (Å²) in [5, 5.41) is 5.79. The number of hydrogen-bond donors (Lipinski definition) is 2. The highest BCUT2D eigenvalue weighted by atomic mass is 16.2. The van der Waals surface area contributed by atoms with Gasteiger partial charge in [0.2, 0.25) is 11.8 Å². The van der Waals surface area contributed by atoms with Gasteiger partial charge in [0.1, 0.15) is 6.04 Å². The van der Waals surface area contributed by atoms with Crippen LogP contribution in [0.2, 0.25) is 0 Å². The Hall–Kier alpha value is -3.15. The van der Waals surface area contributed by atoms with Gasteiger partial charge in [0.05, 0.1) is 0 Å². The number of anilines is 2. The van der Waals surface area contributed by atoms with Crippen molar-refractivity contribution in [3.63, 3.8) is 0 Å². The second-order valence-corrected chi connectivity index (χ2v) is 8.16. The van der Waals surface area contributed by atoms with Crippen LogP contribution in [-0.4, -0.2) is 30.3 Å². The second kappa shape index (κ2) is 9.57. The molecule has 0 spiro atoms. The van der Waals surface area contributed by atoms with E-state index in [4.69, 9.17) is 0 Å². The average Bonchev–Trinajstić information content (AvgIpc) is 3.13. The quantitative estimate of drug-likeness (QED) is 0.731. The third kappa shape index (κ3) is 5.26. The number of benzene rings is 2. The molecule has 1 saturated heterocycles. The predicted molar refractivity (Wildman–Crippen MR) is 119 cm³/mol. The van der Waals surface area contributed by atoms with Gasteiger partial charge in [-0.25, -0.2) is 0 Å². The normalized spacial score (nSPS) is 14.7. The number of rotatable bonds is 7. The Kier molecular flexibility index (Phi) is 6.87. The van der Waals surface area contributed by atoms with Gasteiger partial charge >= 0.3 is 0 Å². The molecule has 6 nitrogen and oxygen atoms in total. The fourth-order valence-corrected chi connectivity index (χ4v) is 3.67. The third-order valence-corrected chi connectivity index (χ3v) is 5.22. The van der Waals surface area contributed by atoms with Gasteiger partial charge in [0.15, 0.2) is 0 Å². The minimum Gasteiger partial charge on any atom is -0.340 e. The van der Waals surface area contributed by atoms with E-state index in [1.807, 2.05) is 51.1 Å². The molecule has 0 aromatic heterocycles. The lowest BCUT2D eigenvalue weighted by molar-refractivity contribution is -0.118. The fourth-order valence-electron chi connectivity index (χ4n) is 3.67. The van der Waals surface area contributed by atoms with Crippen molar-refractivity contribution in [1.82, 2.24) is 5.32 Å². The summed E-state index contributed by atoms with van der Waals surface area (Å²) in [6, 6.07) is 13.9. The van der Waals surface area contributed by atoms with E-state index in [1.54, 1.807) is 23.1 Å². The van der Waals surface area contributed by atoms with Crippen LogP contribution in [-0.2, 0) is 9.59 Å². The number of amides is 3. The summed E-state index contributed by atoms with van der Waals surface area (Å²) >= 11 is 0. The first-order valence-electron chi connectivity index (χ1n) is 10.4. The first kappa shape index (κ1) is 21.6. The van der Waals surface area contributed by atoms with Crippen molar-refractivity contribution in [2.45, 2.75) is 46.1 Å². The highest BCUT2D eigenvalue weighted by Crippen LogP contribution is 2.24. The van der Waals surface area contributed by atoms with Gasteiger partial charge in [-0.15, -0.1) is 0 Å². The van der Waals surface area contributed by atoms with E-state index in [1.165, 1.54) is 0 Å². The van der Waals surface area contributed by atoms with Crippen LogP contribution in [0.4, 0.5) is 11.4 Å². The number of carbonyl (C=O) groups is 3. The van der Waals surface area contributed by atoms with Crippen LogP contribution in [0.1, 0.15) is 49.0 Å². The summed E-state index contributed by atoms with van der Waals surface area (Å²) in [6.45, 7) is 6.59. The SMILES string of the molecule is Cc1ccccc1C(=O)N[C@@H](CC(C)C)C(=O)Nc1cccc(N2CCCC2=O)c1. The zero-order valence-electron chi connectivity index (χ0n) is 17.8. The van der Waals surface area contributed by atoms with Gasteiger partial charge in [0, 0.05) is 29.9 Å². The Morgan fingerprint density at radius 3 is 2.53 bits per heavy atom. The van der Waals surface area contributed by atoms with Crippen molar-refractivity contribution in [2.75, 3.05) is 16.8 Å². The van der Waals surface area contributed by atoms with Gasteiger partial charge in [-0.1, -0.05) is 38.1 Å². The van der Waals surface area contributed by atoms with Crippen molar-refractivity contribution in [2.24, 2.45) is 5.92 Å². The molecule has 3 amide bonds. The Morgan fingerprint density at radius 2 is 1.87 bits per heavy atom.